The van der Waals surface area contributed by atoms with Gasteiger partial charge >= 0.3 is 0 Å². The summed E-state index contributed by atoms with van der Waals surface area (Å²) in [5.74, 6) is 0.0863. The largest absolute Gasteiger partial charge is 0.494 e. The second-order valence-electron chi connectivity index (χ2n) is 3.23. The molecule has 1 aromatic heterocycles. The highest BCUT2D eigenvalue weighted by molar-refractivity contribution is 7.73. The van der Waals surface area contributed by atoms with Gasteiger partial charge in [-0.3, -0.25) is 4.99 Å². The third-order valence-electron chi connectivity index (χ3n) is 1.94. The third-order valence-corrected chi connectivity index (χ3v) is 3.10. The zero-order valence-corrected chi connectivity index (χ0v) is 10.4. The lowest BCUT2D eigenvalue weighted by atomic mass is 10.2. The van der Waals surface area contributed by atoms with Crippen LogP contribution in [0.25, 0.3) is 0 Å². The van der Waals surface area contributed by atoms with Crippen LogP contribution >= 0.6 is 23.6 Å². The topological polar surface area (TPSA) is 72.2 Å². The maximum absolute atomic E-state index is 9.36. The number of nitriles is 1. The number of hydrogen-bond acceptors (Lipinski definition) is 5. The van der Waals surface area contributed by atoms with E-state index in [1.165, 1.54) is 11.3 Å². The molecule has 0 bridgehead atoms. The van der Waals surface area contributed by atoms with Gasteiger partial charge in [0.2, 0.25) is 5.88 Å². The second-order valence-corrected chi connectivity index (χ2v) is 4.95. The van der Waals surface area contributed by atoms with E-state index in [2.05, 4.69) is 16.0 Å². The van der Waals surface area contributed by atoms with Crippen molar-refractivity contribution in [2.45, 2.75) is 25.7 Å². The van der Waals surface area contributed by atoms with E-state index in [1.54, 1.807) is 6.21 Å². The first-order chi connectivity index (χ1) is 7.74. The van der Waals surface area contributed by atoms with E-state index >= 15 is 0 Å². The van der Waals surface area contributed by atoms with E-state index in [9.17, 15) is 5.11 Å². The van der Waals surface area contributed by atoms with Crippen LogP contribution in [0, 0.1) is 15.3 Å². The Labute approximate surface area is 103 Å². The number of H-pyrrole nitrogens is 1. The molecule has 0 unspecified atom stereocenters. The van der Waals surface area contributed by atoms with Gasteiger partial charge in [0.15, 0.2) is 3.95 Å². The molecule has 0 aliphatic carbocycles. The first kappa shape index (κ1) is 12.9. The van der Waals surface area contributed by atoms with Crippen molar-refractivity contribution in [3.8, 4) is 11.9 Å². The molecular weight excluding hydrogens is 242 g/mol. The summed E-state index contributed by atoms with van der Waals surface area (Å²) in [6, 6.07) is 2.11. The Kier molecular flexibility index (Phi) is 5.75. The lowest BCUT2D eigenvalue weighted by Crippen LogP contribution is -1.84. The molecule has 16 heavy (non-hydrogen) atoms. The molecule has 0 aliphatic rings. The number of rotatable bonds is 6. The molecule has 0 aliphatic heterocycles. The normalized spacial score (nSPS) is 10.7. The van der Waals surface area contributed by atoms with Crippen molar-refractivity contribution >= 4 is 29.8 Å². The van der Waals surface area contributed by atoms with Crippen molar-refractivity contribution in [1.82, 2.24) is 4.98 Å². The van der Waals surface area contributed by atoms with Crippen LogP contribution in [-0.4, -0.2) is 22.8 Å². The van der Waals surface area contributed by atoms with Crippen LogP contribution in [-0.2, 0) is 0 Å². The molecule has 86 valence electrons. The van der Waals surface area contributed by atoms with Crippen LogP contribution in [0.1, 0.15) is 30.6 Å². The Balaban J connectivity index is 2.25. The van der Waals surface area contributed by atoms with Crippen molar-refractivity contribution in [3.63, 3.8) is 0 Å². The molecule has 0 radical (unpaired) electrons. The Morgan fingerprint density at radius 1 is 1.50 bits per heavy atom. The molecule has 2 N–H and O–H groups in total. The van der Waals surface area contributed by atoms with Crippen molar-refractivity contribution < 1.29 is 5.11 Å². The Morgan fingerprint density at radius 2 is 2.31 bits per heavy atom. The minimum Gasteiger partial charge on any atom is -0.494 e. The SMILES string of the molecule is N#CCCCCCN=Cc1sc(=S)[nH]c1O. The maximum atomic E-state index is 9.36. The molecule has 0 amide bonds. The molecule has 1 aromatic rings. The van der Waals surface area contributed by atoms with Crippen molar-refractivity contribution in [2.24, 2.45) is 4.99 Å². The first-order valence-electron chi connectivity index (χ1n) is 5.03. The highest BCUT2D eigenvalue weighted by Gasteiger charge is 2.00. The number of nitrogens with one attached hydrogen (secondary N) is 1. The van der Waals surface area contributed by atoms with E-state index < -0.39 is 0 Å². The predicted molar refractivity (Wildman–Crippen MR) is 67.7 cm³/mol. The predicted octanol–water partition coefficient (Wildman–Crippen LogP) is 3.01. The summed E-state index contributed by atoms with van der Waals surface area (Å²) in [4.78, 5) is 7.50. The van der Waals surface area contributed by atoms with E-state index in [1.807, 2.05) is 0 Å². The summed E-state index contributed by atoms with van der Waals surface area (Å²) in [6.07, 6.45) is 5.16. The fourth-order valence-corrected chi connectivity index (χ4v) is 2.14. The lowest BCUT2D eigenvalue weighted by Gasteiger charge is -1.93. The van der Waals surface area contributed by atoms with Crippen molar-refractivity contribution in [3.05, 3.63) is 8.83 Å². The quantitative estimate of drug-likeness (QED) is 0.466. The second kappa shape index (κ2) is 7.14. The minimum absolute atomic E-state index is 0.0863. The van der Waals surface area contributed by atoms with Crippen LogP contribution in [0.4, 0.5) is 0 Å². The van der Waals surface area contributed by atoms with E-state index in [0.717, 1.165) is 25.8 Å². The molecule has 1 rings (SSSR count). The molecule has 0 aromatic carbocycles. The summed E-state index contributed by atoms with van der Waals surface area (Å²) in [6.45, 7) is 0.718. The van der Waals surface area contributed by atoms with Gasteiger partial charge in [0.1, 0.15) is 4.88 Å². The van der Waals surface area contributed by atoms with Crippen LogP contribution in [0.15, 0.2) is 4.99 Å². The van der Waals surface area contributed by atoms with Crippen molar-refractivity contribution in [1.29, 1.82) is 5.26 Å². The van der Waals surface area contributed by atoms with Crippen LogP contribution < -0.4 is 0 Å². The molecule has 0 spiro atoms. The van der Waals surface area contributed by atoms with E-state index in [4.69, 9.17) is 17.5 Å². The highest BCUT2D eigenvalue weighted by Crippen LogP contribution is 2.18. The van der Waals surface area contributed by atoms with Gasteiger partial charge in [-0.05, 0) is 25.1 Å². The van der Waals surface area contributed by atoms with Crippen LogP contribution in [0.2, 0.25) is 0 Å². The molecule has 0 atom stereocenters. The number of thiazole rings is 1. The Bertz CT molecular complexity index is 442. The van der Waals surface area contributed by atoms with Gasteiger partial charge < -0.3 is 10.1 Å². The van der Waals surface area contributed by atoms with Gasteiger partial charge in [0.05, 0.1) is 6.07 Å². The fraction of sp³-hybridized carbons (Fsp3) is 0.500. The van der Waals surface area contributed by atoms with Gasteiger partial charge in [-0.2, -0.15) is 5.26 Å². The Morgan fingerprint density at radius 3 is 2.94 bits per heavy atom. The smallest absolute Gasteiger partial charge is 0.209 e. The zero-order valence-electron chi connectivity index (χ0n) is 8.77. The van der Waals surface area contributed by atoms with E-state index in [-0.39, 0.29) is 5.88 Å². The Hall–Kier alpha value is -1.19. The number of aliphatic imine (C=N–C) groups is 1. The van der Waals surface area contributed by atoms with Crippen LogP contribution in [0.5, 0.6) is 5.88 Å². The number of unbranched alkanes of at least 4 members (excludes halogenated alkanes) is 3. The molecule has 0 fully saturated rings. The molecule has 6 heteroatoms. The number of aromatic hydroxyl groups is 1. The summed E-state index contributed by atoms with van der Waals surface area (Å²) < 4.78 is 0.549. The van der Waals surface area contributed by atoms with Gasteiger partial charge in [0, 0.05) is 19.2 Å². The number of nitrogens with zero attached hydrogens (tertiary/aromatic N) is 2. The minimum atomic E-state index is 0.0863. The average Bonchev–Trinajstić information content (AvgIpc) is 2.56. The van der Waals surface area contributed by atoms with Gasteiger partial charge in [-0.1, -0.05) is 17.8 Å². The third kappa shape index (κ3) is 4.55. The lowest BCUT2D eigenvalue weighted by molar-refractivity contribution is 0.456. The summed E-state index contributed by atoms with van der Waals surface area (Å²) >= 11 is 6.18. The van der Waals surface area contributed by atoms with Crippen LogP contribution in [0.3, 0.4) is 0 Å². The molecule has 0 saturated carbocycles. The summed E-state index contributed by atoms with van der Waals surface area (Å²) in [7, 11) is 0. The van der Waals surface area contributed by atoms with Crippen molar-refractivity contribution in [2.75, 3.05) is 6.54 Å². The van der Waals surface area contributed by atoms with Gasteiger partial charge in [0.25, 0.3) is 0 Å². The summed E-state index contributed by atoms with van der Waals surface area (Å²) in [5, 5.41) is 17.7. The monoisotopic (exact) mass is 255 g/mol. The standard InChI is InChI=1S/C10H13N3OS2/c11-5-3-1-2-4-6-12-7-8-9(14)13-10(15)16-8/h7,14H,1-4,6H2,(H,13,15). The molecular formula is C10H13N3OS2. The fourth-order valence-electron chi connectivity index (χ4n) is 1.15. The molecule has 4 nitrogen and oxygen atoms in total. The maximum Gasteiger partial charge on any atom is 0.209 e. The van der Waals surface area contributed by atoms with Gasteiger partial charge in [-0.25, -0.2) is 0 Å². The molecule has 0 saturated heterocycles. The zero-order chi connectivity index (χ0) is 11.8. The molecule has 1 heterocycles. The number of aromatic amines is 1. The number of aromatic nitrogens is 1. The first-order valence-corrected chi connectivity index (χ1v) is 6.25. The highest BCUT2D eigenvalue weighted by atomic mass is 32.1. The van der Waals surface area contributed by atoms with Gasteiger partial charge in [-0.15, -0.1) is 0 Å². The summed E-state index contributed by atoms with van der Waals surface area (Å²) in [5.41, 5.74) is 0. The van der Waals surface area contributed by atoms with E-state index in [0.29, 0.717) is 15.3 Å². The number of hydrogen-bond donors (Lipinski definition) is 2. The average molecular weight is 255 g/mol.